The van der Waals surface area contributed by atoms with Gasteiger partial charge in [0.15, 0.2) is 0 Å². The molecule has 4 nitrogen and oxygen atoms in total. The molecule has 3 rings (SSSR count). The summed E-state index contributed by atoms with van der Waals surface area (Å²) >= 11 is 0. The van der Waals surface area contributed by atoms with Gasteiger partial charge in [-0.1, -0.05) is 18.2 Å². The number of hydrogen-bond acceptors (Lipinski definition) is 3. The minimum Gasteiger partial charge on any atom is -0.381 e. The van der Waals surface area contributed by atoms with Gasteiger partial charge in [0, 0.05) is 38.0 Å². The third kappa shape index (κ3) is 2.51. The van der Waals surface area contributed by atoms with Crippen LogP contribution in [0.15, 0.2) is 36.7 Å². The summed E-state index contributed by atoms with van der Waals surface area (Å²) in [6.45, 7) is 1.88. The van der Waals surface area contributed by atoms with Gasteiger partial charge in [-0.2, -0.15) is 0 Å². The van der Waals surface area contributed by atoms with Gasteiger partial charge >= 0.3 is 0 Å². The van der Waals surface area contributed by atoms with Crippen molar-refractivity contribution in [3.8, 4) is 0 Å². The maximum Gasteiger partial charge on any atom is 0.228 e. The molecule has 4 heteroatoms. The summed E-state index contributed by atoms with van der Waals surface area (Å²) < 4.78 is 5.29. The van der Waals surface area contributed by atoms with E-state index in [1.165, 1.54) is 0 Å². The molecule has 0 N–H and O–H groups in total. The first-order valence-electron chi connectivity index (χ1n) is 6.90. The molecule has 1 aliphatic heterocycles. The maximum absolute atomic E-state index is 12.3. The molecule has 2 aromatic rings. The minimum absolute atomic E-state index is 0.0247. The quantitative estimate of drug-likeness (QED) is 0.859. The molecule has 2 heterocycles. The number of rotatable bonds is 3. The van der Waals surface area contributed by atoms with Gasteiger partial charge in [0.05, 0.1) is 12.5 Å². The Morgan fingerprint density at radius 2 is 2.35 bits per heavy atom. The average Bonchev–Trinajstić information content (AvgIpc) is 3.01. The molecule has 0 saturated carbocycles. The van der Waals surface area contributed by atoms with E-state index < -0.39 is 0 Å². The van der Waals surface area contributed by atoms with E-state index in [0.717, 1.165) is 22.8 Å². The van der Waals surface area contributed by atoms with Crippen LogP contribution >= 0.6 is 0 Å². The lowest BCUT2D eigenvalue weighted by atomic mass is 10.0. The summed E-state index contributed by atoms with van der Waals surface area (Å²) in [6, 6.07) is 8.12. The largest absolute Gasteiger partial charge is 0.381 e. The molecular weight excluding hydrogens is 252 g/mol. The highest BCUT2D eigenvalue weighted by atomic mass is 16.5. The van der Waals surface area contributed by atoms with Crippen LogP contribution in [0.2, 0.25) is 0 Å². The van der Waals surface area contributed by atoms with Crippen LogP contribution in [-0.4, -0.2) is 36.1 Å². The fraction of sp³-hybridized carbons (Fsp3) is 0.375. The van der Waals surface area contributed by atoms with Gasteiger partial charge in [-0.3, -0.25) is 9.78 Å². The van der Waals surface area contributed by atoms with Crippen LogP contribution in [0.25, 0.3) is 10.8 Å². The fourth-order valence-corrected chi connectivity index (χ4v) is 2.70. The van der Waals surface area contributed by atoms with Crippen LogP contribution in [0.1, 0.15) is 12.0 Å². The predicted octanol–water partition coefficient (Wildman–Crippen LogP) is 2.23. The molecule has 1 atom stereocenters. The normalized spacial score (nSPS) is 18.4. The Bertz CT molecular complexity index is 615. The molecule has 1 aromatic carbocycles. The second kappa shape index (κ2) is 5.59. The van der Waals surface area contributed by atoms with E-state index in [2.05, 4.69) is 11.1 Å². The maximum atomic E-state index is 12.3. The zero-order chi connectivity index (χ0) is 13.9. The smallest absolute Gasteiger partial charge is 0.228 e. The molecular formula is C16H18N2O2. The van der Waals surface area contributed by atoms with Crippen molar-refractivity contribution < 1.29 is 9.53 Å². The van der Waals surface area contributed by atoms with Crippen LogP contribution in [-0.2, 0) is 16.1 Å². The topological polar surface area (TPSA) is 42.4 Å². The van der Waals surface area contributed by atoms with E-state index in [-0.39, 0.29) is 11.8 Å². The Balaban J connectivity index is 1.80. The number of benzene rings is 1. The van der Waals surface area contributed by atoms with Gasteiger partial charge in [-0.15, -0.1) is 0 Å². The van der Waals surface area contributed by atoms with Gasteiger partial charge in [0.25, 0.3) is 0 Å². The molecule has 104 valence electrons. The first kappa shape index (κ1) is 13.1. The highest BCUT2D eigenvalue weighted by molar-refractivity contribution is 5.85. The molecule has 0 aliphatic carbocycles. The standard InChI is InChI=1S/C16H18N2O2/c1-18(16(19)14-6-8-20-11-14)10-13-4-2-3-12-9-17-7-5-15(12)13/h2-5,7,9,14H,6,8,10-11H2,1H3. The summed E-state index contributed by atoms with van der Waals surface area (Å²) in [4.78, 5) is 18.3. The Morgan fingerprint density at radius 1 is 1.45 bits per heavy atom. The first-order chi connectivity index (χ1) is 9.75. The van der Waals surface area contributed by atoms with E-state index in [1.807, 2.05) is 31.4 Å². The van der Waals surface area contributed by atoms with Gasteiger partial charge in [0.2, 0.25) is 5.91 Å². The van der Waals surface area contributed by atoms with E-state index in [0.29, 0.717) is 19.8 Å². The van der Waals surface area contributed by atoms with E-state index >= 15 is 0 Å². The number of pyridine rings is 1. The number of nitrogens with zero attached hydrogens (tertiary/aromatic N) is 2. The first-order valence-corrected chi connectivity index (χ1v) is 6.90. The van der Waals surface area contributed by atoms with Crippen molar-refractivity contribution in [3.05, 3.63) is 42.2 Å². The van der Waals surface area contributed by atoms with Crippen molar-refractivity contribution in [2.24, 2.45) is 5.92 Å². The lowest BCUT2D eigenvalue weighted by molar-refractivity contribution is -0.134. The molecule has 1 fully saturated rings. The number of carbonyl (C=O) groups is 1. The van der Waals surface area contributed by atoms with E-state index in [4.69, 9.17) is 4.74 Å². The number of ether oxygens (including phenoxy) is 1. The average molecular weight is 270 g/mol. The summed E-state index contributed by atoms with van der Waals surface area (Å²) in [5.41, 5.74) is 1.15. The Kier molecular flexibility index (Phi) is 3.65. The molecule has 1 aromatic heterocycles. The lowest BCUT2D eigenvalue weighted by Crippen LogP contribution is -2.32. The third-order valence-corrected chi connectivity index (χ3v) is 3.83. The molecule has 0 bridgehead atoms. The SMILES string of the molecule is CN(Cc1cccc2cnccc12)C(=O)C1CCOC1. The number of hydrogen-bond donors (Lipinski definition) is 0. The molecule has 1 amide bonds. The van der Waals surface area contributed by atoms with Crippen molar-refractivity contribution >= 4 is 16.7 Å². The number of carbonyl (C=O) groups excluding carboxylic acids is 1. The van der Waals surface area contributed by atoms with Crippen LogP contribution in [0.4, 0.5) is 0 Å². The molecule has 1 saturated heterocycles. The highest BCUT2D eigenvalue weighted by Gasteiger charge is 2.26. The molecule has 0 spiro atoms. The zero-order valence-corrected chi connectivity index (χ0v) is 11.6. The second-order valence-corrected chi connectivity index (χ2v) is 5.27. The van der Waals surface area contributed by atoms with Gasteiger partial charge in [-0.05, 0) is 23.4 Å². The number of fused-ring (bicyclic) bond motifs is 1. The number of aromatic nitrogens is 1. The summed E-state index contributed by atoms with van der Waals surface area (Å²) in [5.74, 6) is 0.199. The Labute approximate surface area is 118 Å². The van der Waals surface area contributed by atoms with Crippen molar-refractivity contribution in [3.63, 3.8) is 0 Å². The summed E-state index contributed by atoms with van der Waals surface area (Å²) in [7, 11) is 1.86. The number of amides is 1. The Morgan fingerprint density at radius 3 is 3.15 bits per heavy atom. The lowest BCUT2D eigenvalue weighted by Gasteiger charge is -2.21. The highest BCUT2D eigenvalue weighted by Crippen LogP contribution is 2.21. The van der Waals surface area contributed by atoms with Crippen molar-refractivity contribution in [2.75, 3.05) is 20.3 Å². The van der Waals surface area contributed by atoms with Crippen LogP contribution < -0.4 is 0 Å². The molecule has 20 heavy (non-hydrogen) atoms. The third-order valence-electron chi connectivity index (χ3n) is 3.83. The second-order valence-electron chi connectivity index (χ2n) is 5.27. The van der Waals surface area contributed by atoms with Gasteiger partial charge in [0.1, 0.15) is 0 Å². The van der Waals surface area contributed by atoms with Gasteiger partial charge < -0.3 is 9.64 Å². The monoisotopic (exact) mass is 270 g/mol. The van der Waals surface area contributed by atoms with E-state index in [1.54, 1.807) is 11.1 Å². The molecule has 1 aliphatic rings. The molecule has 1 unspecified atom stereocenters. The minimum atomic E-state index is 0.0247. The van der Waals surface area contributed by atoms with Crippen LogP contribution in [0, 0.1) is 5.92 Å². The summed E-state index contributed by atoms with van der Waals surface area (Å²) in [5, 5.41) is 2.26. The van der Waals surface area contributed by atoms with Crippen molar-refractivity contribution in [1.29, 1.82) is 0 Å². The van der Waals surface area contributed by atoms with Crippen molar-refractivity contribution in [2.45, 2.75) is 13.0 Å². The van der Waals surface area contributed by atoms with E-state index in [9.17, 15) is 4.79 Å². The Hall–Kier alpha value is -1.94. The zero-order valence-electron chi connectivity index (χ0n) is 11.6. The summed E-state index contributed by atoms with van der Waals surface area (Å²) in [6.07, 6.45) is 4.48. The van der Waals surface area contributed by atoms with Crippen molar-refractivity contribution in [1.82, 2.24) is 9.88 Å². The van der Waals surface area contributed by atoms with Crippen LogP contribution in [0.3, 0.4) is 0 Å². The fourth-order valence-electron chi connectivity index (χ4n) is 2.70. The molecule has 0 radical (unpaired) electrons. The van der Waals surface area contributed by atoms with Gasteiger partial charge in [-0.25, -0.2) is 0 Å². The van der Waals surface area contributed by atoms with Crippen LogP contribution in [0.5, 0.6) is 0 Å². The predicted molar refractivity (Wildman–Crippen MR) is 77.1 cm³/mol.